The van der Waals surface area contributed by atoms with E-state index >= 15 is 0 Å². The molecule has 1 atom stereocenters. The standard InChI is InChI=1S/C13H21Cl2NO/c14-13(15)9-11(13)12(17)16-8-4-7-10-5-2-1-3-6-10/h10-11H,1-9H2,(H,16,17). The van der Waals surface area contributed by atoms with Crippen LogP contribution in [0.25, 0.3) is 0 Å². The predicted octanol–water partition coefficient (Wildman–Crippen LogP) is 3.66. The van der Waals surface area contributed by atoms with Gasteiger partial charge in [-0.1, -0.05) is 32.1 Å². The summed E-state index contributed by atoms with van der Waals surface area (Å²) in [5.41, 5.74) is 0. The highest BCUT2D eigenvalue weighted by molar-refractivity contribution is 6.52. The van der Waals surface area contributed by atoms with Crippen molar-refractivity contribution in [2.45, 2.75) is 55.7 Å². The zero-order valence-corrected chi connectivity index (χ0v) is 11.7. The Morgan fingerprint density at radius 3 is 2.47 bits per heavy atom. The lowest BCUT2D eigenvalue weighted by Gasteiger charge is -2.21. The van der Waals surface area contributed by atoms with Crippen molar-refractivity contribution in [2.75, 3.05) is 6.54 Å². The fourth-order valence-corrected chi connectivity index (χ4v) is 3.21. The Kier molecular flexibility index (Phi) is 4.59. The van der Waals surface area contributed by atoms with Gasteiger partial charge in [-0.25, -0.2) is 0 Å². The third kappa shape index (κ3) is 4.03. The van der Waals surface area contributed by atoms with E-state index in [1.807, 2.05) is 0 Å². The zero-order valence-electron chi connectivity index (χ0n) is 10.2. The number of rotatable bonds is 5. The van der Waals surface area contributed by atoms with Crippen LogP contribution >= 0.6 is 23.2 Å². The number of hydrogen-bond acceptors (Lipinski definition) is 1. The summed E-state index contributed by atoms with van der Waals surface area (Å²) in [6.07, 6.45) is 9.87. The maximum Gasteiger partial charge on any atom is 0.226 e. The summed E-state index contributed by atoms with van der Waals surface area (Å²) in [4.78, 5) is 11.6. The highest BCUT2D eigenvalue weighted by atomic mass is 35.5. The maximum atomic E-state index is 11.6. The average molecular weight is 278 g/mol. The summed E-state index contributed by atoms with van der Waals surface area (Å²) >= 11 is 11.7. The molecule has 2 fully saturated rings. The van der Waals surface area contributed by atoms with Gasteiger partial charge in [-0.05, 0) is 25.2 Å². The molecule has 0 saturated heterocycles. The first kappa shape index (κ1) is 13.5. The van der Waals surface area contributed by atoms with E-state index in [-0.39, 0.29) is 11.8 Å². The van der Waals surface area contributed by atoms with E-state index in [2.05, 4.69) is 5.32 Å². The van der Waals surface area contributed by atoms with Crippen LogP contribution in [-0.2, 0) is 4.79 Å². The molecule has 2 aliphatic rings. The molecule has 0 aliphatic heterocycles. The number of alkyl halides is 2. The molecule has 4 heteroatoms. The van der Waals surface area contributed by atoms with Gasteiger partial charge in [0.05, 0.1) is 5.92 Å². The smallest absolute Gasteiger partial charge is 0.226 e. The first-order chi connectivity index (χ1) is 8.09. The molecule has 0 aromatic carbocycles. The van der Waals surface area contributed by atoms with Crippen molar-refractivity contribution >= 4 is 29.1 Å². The van der Waals surface area contributed by atoms with Crippen LogP contribution in [-0.4, -0.2) is 16.8 Å². The number of halogens is 2. The molecule has 1 N–H and O–H groups in total. The summed E-state index contributed by atoms with van der Waals surface area (Å²) < 4.78 is -0.784. The molecule has 1 amide bonds. The minimum Gasteiger partial charge on any atom is -0.356 e. The van der Waals surface area contributed by atoms with E-state index in [0.29, 0.717) is 6.42 Å². The van der Waals surface area contributed by atoms with Crippen molar-refractivity contribution < 1.29 is 4.79 Å². The molecule has 2 saturated carbocycles. The summed E-state index contributed by atoms with van der Waals surface area (Å²) in [7, 11) is 0. The highest BCUT2D eigenvalue weighted by Gasteiger charge is 2.56. The van der Waals surface area contributed by atoms with E-state index in [4.69, 9.17) is 23.2 Å². The van der Waals surface area contributed by atoms with Crippen molar-refractivity contribution in [2.24, 2.45) is 11.8 Å². The number of nitrogens with one attached hydrogen (secondary N) is 1. The Labute approximate surface area is 113 Å². The number of carbonyl (C=O) groups is 1. The fourth-order valence-electron chi connectivity index (χ4n) is 2.70. The van der Waals surface area contributed by atoms with Gasteiger partial charge in [0.15, 0.2) is 0 Å². The van der Waals surface area contributed by atoms with Crippen LogP contribution in [0.1, 0.15) is 51.4 Å². The number of amides is 1. The second-order valence-corrected chi connectivity index (χ2v) is 7.00. The van der Waals surface area contributed by atoms with Gasteiger partial charge in [0.2, 0.25) is 5.91 Å². The van der Waals surface area contributed by atoms with Gasteiger partial charge in [0, 0.05) is 6.54 Å². The minimum atomic E-state index is -0.784. The summed E-state index contributed by atoms with van der Waals surface area (Å²) in [6.45, 7) is 0.774. The van der Waals surface area contributed by atoms with E-state index in [0.717, 1.165) is 18.9 Å². The molecule has 0 radical (unpaired) electrons. The normalized spacial score (nSPS) is 27.8. The van der Waals surface area contributed by atoms with Crippen molar-refractivity contribution in [3.8, 4) is 0 Å². The molecule has 98 valence electrons. The lowest BCUT2D eigenvalue weighted by atomic mass is 9.86. The van der Waals surface area contributed by atoms with Crippen LogP contribution in [0.5, 0.6) is 0 Å². The Hall–Kier alpha value is 0.0500. The molecule has 0 aromatic heterocycles. The molecule has 0 spiro atoms. The zero-order chi connectivity index (χ0) is 12.3. The monoisotopic (exact) mass is 277 g/mol. The molecule has 17 heavy (non-hydrogen) atoms. The van der Waals surface area contributed by atoms with Crippen molar-refractivity contribution in [1.29, 1.82) is 0 Å². The van der Waals surface area contributed by atoms with Gasteiger partial charge in [0.1, 0.15) is 4.33 Å². The lowest BCUT2D eigenvalue weighted by Crippen LogP contribution is -2.28. The van der Waals surface area contributed by atoms with Gasteiger partial charge in [-0.2, -0.15) is 0 Å². The summed E-state index contributed by atoms with van der Waals surface area (Å²) in [6, 6.07) is 0. The molecule has 1 unspecified atom stereocenters. The molecular weight excluding hydrogens is 257 g/mol. The van der Waals surface area contributed by atoms with Crippen LogP contribution < -0.4 is 5.32 Å². The summed E-state index contributed by atoms with van der Waals surface area (Å²) in [5.74, 6) is 0.737. The number of hydrogen-bond donors (Lipinski definition) is 1. The molecular formula is C13H21Cl2NO. The second kappa shape index (κ2) is 5.79. The average Bonchev–Trinajstić information content (AvgIpc) is 2.95. The third-order valence-corrected chi connectivity index (χ3v) is 4.79. The molecule has 0 heterocycles. The third-order valence-electron chi connectivity index (χ3n) is 3.96. The SMILES string of the molecule is O=C(NCCCC1CCCCC1)C1CC1(Cl)Cl. The predicted molar refractivity (Wildman–Crippen MR) is 71.4 cm³/mol. The van der Waals surface area contributed by atoms with Crippen molar-refractivity contribution in [3.05, 3.63) is 0 Å². The van der Waals surface area contributed by atoms with Gasteiger partial charge in [0.25, 0.3) is 0 Å². The first-order valence-corrected chi connectivity index (χ1v) is 7.51. The van der Waals surface area contributed by atoms with Crippen LogP contribution in [0.2, 0.25) is 0 Å². The Morgan fingerprint density at radius 1 is 1.24 bits per heavy atom. The van der Waals surface area contributed by atoms with Crippen molar-refractivity contribution in [3.63, 3.8) is 0 Å². The van der Waals surface area contributed by atoms with E-state index in [1.54, 1.807) is 0 Å². The largest absolute Gasteiger partial charge is 0.356 e. The molecule has 2 aliphatic carbocycles. The summed E-state index contributed by atoms with van der Waals surface area (Å²) in [5, 5.41) is 2.93. The molecule has 0 aromatic rings. The number of carbonyl (C=O) groups excluding carboxylic acids is 1. The van der Waals surface area contributed by atoms with Gasteiger partial charge in [-0.3, -0.25) is 4.79 Å². The van der Waals surface area contributed by atoms with Gasteiger partial charge >= 0.3 is 0 Å². The quantitative estimate of drug-likeness (QED) is 0.603. The van der Waals surface area contributed by atoms with E-state index in [1.165, 1.54) is 38.5 Å². The van der Waals surface area contributed by atoms with Crippen LogP contribution in [0.4, 0.5) is 0 Å². The van der Waals surface area contributed by atoms with E-state index < -0.39 is 4.33 Å². The van der Waals surface area contributed by atoms with Crippen LogP contribution in [0.15, 0.2) is 0 Å². The van der Waals surface area contributed by atoms with E-state index in [9.17, 15) is 4.79 Å². The van der Waals surface area contributed by atoms with Gasteiger partial charge < -0.3 is 5.32 Å². The highest BCUT2D eigenvalue weighted by Crippen LogP contribution is 2.53. The maximum absolute atomic E-state index is 11.6. The van der Waals surface area contributed by atoms with Crippen LogP contribution in [0.3, 0.4) is 0 Å². The minimum absolute atomic E-state index is 0.0265. The first-order valence-electron chi connectivity index (χ1n) is 6.75. The van der Waals surface area contributed by atoms with Crippen molar-refractivity contribution in [1.82, 2.24) is 5.32 Å². The molecule has 0 bridgehead atoms. The Bertz CT molecular complexity index is 275. The Morgan fingerprint density at radius 2 is 1.88 bits per heavy atom. The molecule has 2 nitrogen and oxygen atoms in total. The topological polar surface area (TPSA) is 29.1 Å². The lowest BCUT2D eigenvalue weighted by molar-refractivity contribution is -0.122. The molecule has 2 rings (SSSR count). The fraction of sp³-hybridized carbons (Fsp3) is 0.923. The van der Waals surface area contributed by atoms with Crippen LogP contribution in [0, 0.1) is 11.8 Å². The van der Waals surface area contributed by atoms with Gasteiger partial charge in [-0.15, -0.1) is 23.2 Å². The second-order valence-electron chi connectivity index (χ2n) is 5.46. The Balaban J connectivity index is 1.53.